The second kappa shape index (κ2) is 7.51. The maximum atomic E-state index is 13.0. The smallest absolute Gasteiger partial charge is 0.337 e. The van der Waals surface area contributed by atoms with Gasteiger partial charge in [-0.2, -0.15) is 11.3 Å². The topological polar surface area (TPSA) is 50.4 Å². The fraction of sp³-hybridized carbons (Fsp3) is 0.429. The summed E-state index contributed by atoms with van der Waals surface area (Å²) in [5.41, 5.74) is 2.06. The van der Waals surface area contributed by atoms with Crippen LogP contribution in [0.25, 0.3) is 0 Å². The number of aryl methyl sites for hydroxylation is 1. The minimum absolute atomic E-state index is 0.279. The van der Waals surface area contributed by atoms with Crippen molar-refractivity contribution in [2.24, 2.45) is 0 Å². The van der Waals surface area contributed by atoms with E-state index in [-0.39, 0.29) is 5.57 Å². The molecule has 0 aromatic carbocycles. The first-order valence-electron chi connectivity index (χ1n) is 6.64. The van der Waals surface area contributed by atoms with E-state index in [2.05, 4.69) is 16.0 Å². The highest BCUT2D eigenvalue weighted by Gasteiger charge is 2.29. The molecule has 1 aliphatic rings. The Labute approximate surface area is 132 Å². The Kier molecular flexibility index (Phi) is 5.69. The molecule has 0 saturated heterocycles. The maximum Gasteiger partial charge on any atom is 0.337 e. The van der Waals surface area contributed by atoms with Crippen LogP contribution in [0.2, 0.25) is 0 Å². The first kappa shape index (κ1) is 15.9. The molecule has 1 unspecified atom stereocenters. The highest BCUT2D eigenvalue weighted by atomic mass is 32.1. The van der Waals surface area contributed by atoms with Crippen LogP contribution < -0.4 is 10.6 Å². The van der Waals surface area contributed by atoms with Crippen LogP contribution in [0.5, 0.6) is 0 Å². The molecule has 21 heavy (non-hydrogen) atoms. The van der Waals surface area contributed by atoms with Gasteiger partial charge in [-0.3, -0.25) is 0 Å². The Morgan fingerprint density at radius 3 is 3.05 bits per heavy atom. The quantitative estimate of drug-likeness (QED) is 0.477. The Balaban J connectivity index is 1.86. The van der Waals surface area contributed by atoms with Gasteiger partial charge in [-0.15, -0.1) is 0 Å². The van der Waals surface area contributed by atoms with Crippen LogP contribution >= 0.6 is 23.6 Å². The van der Waals surface area contributed by atoms with Gasteiger partial charge in [0.2, 0.25) is 0 Å². The van der Waals surface area contributed by atoms with E-state index in [1.807, 2.05) is 11.4 Å². The number of ether oxygens (including phenoxy) is 1. The molecule has 4 nitrogen and oxygen atoms in total. The van der Waals surface area contributed by atoms with Gasteiger partial charge in [-0.1, -0.05) is 0 Å². The van der Waals surface area contributed by atoms with E-state index in [0.717, 1.165) is 12.8 Å². The highest BCUT2D eigenvalue weighted by Crippen LogP contribution is 2.15. The number of carbonyl (C=O) groups excluding carboxylic acids is 1. The zero-order chi connectivity index (χ0) is 15.2. The van der Waals surface area contributed by atoms with Crippen molar-refractivity contribution in [1.29, 1.82) is 0 Å². The lowest BCUT2D eigenvalue weighted by molar-refractivity contribution is -0.139. The Morgan fingerprint density at radius 1 is 1.57 bits per heavy atom. The van der Waals surface area contributed by atoms with Crippen LogP contribution in [0, 0.1) is 0 Å². The fourth-order valence-corrected chi connectivity index (χ4v) is 3.13. The predicted octanol–water partition coefficient (Wildman–Crippen LogP) is 2.31. The minimum Gasteiger partial charge on any atom is -0.462 e. The highest BCUT2D eigenvalue weighted by molar-refractivity contribution is 7.80. The fourth-order valence-electron chi connectivity index (χ4n) is 2.13. The lowest BCUT2D eigenvalue weighted by Gasteiger charge is -2.27. The molecule has 0 saturated carbocycles. The average Bonchev–Trinajstić information content (AvgIpc) is 2.95. The first-order valence-corrected chi connectivity index (χ1v) is 7.99. The number of halogens is 1. The van der Waals surface area contributed by atoms with Gasteiger partial charge in [0, 0.05) is 5.70 Å². The maximum absolute atomic E-state index is 13.0. The molecular weight excluding hydrogens is 311 g/mol. The predicted molar refractivity (Wildman–Crippen MR) is 84.9 cm³/mol. The van der Waals surface area contributed by atoms with Gasteiger partial charge in [-0.25, -0.2) is 9.18 Å². The Hall–Kier alpha value is -1.47. The van der Waals surface area contributed by atoms with Crippen molar-refractivity contribution in [2.45, 2.75) is 25.8 Å². The molecule has 1 aromatic rings. The van der Waals surface area contributed by atoms with E-state index >= 15 is 0 Å². The van der Waals surface area contributed by atoms with Gasteiger partial charge in [0.15, 0.2) is 5.11 Å². The molecule has 0 radical (unpaired) electrons. The third-order valence-electron chi connectivity index (χ3n) is 3.16. The lowest BCUT2D eigenvalue weighted by Crippen LogP contribution is -2.50. The molecular formula is C14H17FN2O2S2. The molecule has 0 spiro atoms. The van der Waals surface area contributed by atoms with E-state index in [1.54, 1.807) is 18.3 Å². The van der Waals surface area contributed by atoms with Crippen molar-refractivity contribution in [3.8, 4) is 0 Å². The van der Waals surface area contributed by atoms with Gasteiger partial charge < -0.3 is 15.4 Å². The molecule has 1 aromatic heterocycles. The number of rotatable bonds is 6. The van der Waals surface area contributed by atoms with Crippen LogP contribution in [-0.2, 0) is 16.0 Å². The van der Waals surface area contributed by atoms with Gasteiger partial charge >= 0.3 is 5.97 Å². The Morgan fingerprint density at radius 2 is 2.38 bits per heavy atom. The molecule has 2 rings (SSSR count). The number of carbonyl (C=O) groups is 1. The summed E-state index contributed by atoms with van der Waals surface area (Å²) in [5.74, 6) is -0.497. The van der Waals surface area contributed by atoms with Crippen LogP contribution in [0.15, 0.2) is 28.1 Å². The van der Waals surface area contributed by atoms with Crippen molar-refractivity contribution in [2.75, 3.05) is 13.3 Å². The van der Waals surface area contributed by atoms with Crippen LogP contribution in [0.3, 0.4) is 0 Å². The third-order valence-corrected chi connectivity index (χ3v) is 4.11. The zero-order valence-electron chi connectivity index (χ0n) is 11.6. The average molecular weight is 328 g/mol. The molecule has 0 fully saturated rings. The second-order valence-electron chi connectivity index (χ2n) is 4.72. The summed E-state index contributed by atoms with van der Waals surface area (Å²) < 4.78 is 18.3. The number of esters is 1. The molecule has 7 heteroatoms. The summed E-state index contributed by atoms with van der Waals surface area (Å²) in [6, 6.07) is 1.32. The molecule has 0 aliphatic carbocycles. The van der Waals surface area contributed by atoms with Crippen molar-refractivity contribution in [3.05, 3.63) is 33.7 Å². The van der Waals surface area contributed by atoms with Crippen LogP contribution in [0.1, 0.15) is 18.9 Å². The number of nitrogens with one attached hydrogen (secondary N) is 2. The first-order chi connectivity index (χ1) is 10.1. The van der Waals surface area contributed by atoms with Crippen molar-refractivity contribution in [1.82, 2.24) is 10.6 Å². The third kappa shape index (κ3) is 4.25. The van der Waals surface area contributed by atoms with Gasteiger partial charge in [0.05, 0.1) is 18.2 Å². The van der Waals surface area contributed by atoms with Crippen LogP contribution in [0.4, 0.5) is 4.39 Å². The summed E-state index contributed by atoms with van der Waals surface area (Å²) in [6.07, 6.45) is 1.61. The summed E-state index contributed by atoms with van der Waals surface area (Å²) in [5, 5.41) is 9.96. The molecule has 1 aliphatic heterocycles. The van der Waals surface area contributed by atoms with E-state index in [1.165, 1.54) is 5.56 Å². The number of thiophene rings is 1. The van der Waals surface area contributed by atoms with E-state index in [9.17, 15) is 9.18 Å². The number of allylic oxidation sites excluding steroid dienone is 1. The molecule has 0 amide bonds. The van der Waals surface area contributed by atoms with Crippen molar-refractivity contribution in [3.63, 3.8) is 0 Å². The number of thiocarbonyl (C=S) groups is 1. The number of hydrogen-bond donors (Lipinski definition) is 2. The van der Waals surface area contributed by atoms with E-state index < -0.39 is 18.7 Å². The molecule has 114 valence electrons. The molecule has 2 N–H and O–H groups in total. The SMILES string of the molecule is CC1=C(C(=O)OCCCc2ccsc2)C(CF)NC(=S)N1. The van der Waals surface area contributed by atoms with Gasteiger partial charge in [0.25, 0.3) is 0 Å². The standard InChI is InChI=1S/C14H17FN2O2S2/c1-9-12(11(7-15)17-14(20)16-9)13(18)19-5-2-3-10-4-6-21-8-10/h4,6,8,11H,2-3,5,7H2,1H3,(H2,16,17,20). The van der Waals surface area contributed by atoms with E-state index in [4.69, 9.17) is 17.0 Å². The molecule has 2 heterocycles. The van der Waals surface area contributed by atoms with Crippen molar-refractivity contribution >= 4 is 34.6 Å². The number of hydrogen-bond acceptors (Lipinski definition) is 4. The summed E-state index contributed by atoms with van der Waals surface area (Å²) >= 11 is 6.59. The van der Waals surface area contributed by atoms with Crippen molar-refractivity contribution < 1.29 is 13.9 Å². The normalized spacial score (nSPS) is 18.2. The Bertz CT molecular complexity index is 543. The van der Waals surface area contributed by atoms with E-state index in [0.29, 0.717) is 17.4 Å². The van der Waals surface area contributed by atoms with Gasteiger partial charge in [0.1, 0.15) is 6.67 Å². The second-order valence-corrected chi connectivity index (χ2v) is 5.90. The van der Waals surface area contributed by atoms with Gasteiger partial charge in [-0.05, 0) is 54.4 Å². The minimum atomic E-state index is -0.733. The molecule has 1 atom stereocenters. The number of alkyl halides is 1. The summed E-state index contributed by atoms with van der Waals surface area (Å²) in [7, 11) is 0. The summed E-state index contributed by atoms with van der Waals surface area (Å²) in [4.78, 5) is 12.1. The zero-order valence-corrected chi connectivity index (χ0v) is 13.3. The summed E-state index contributed by atoms with van der Waals surface area (Å²) in [6.45, 7) is 1.30. The monoisotopic (exact) mass is 328 g/mol. The largest absolute Gasteiger partial charge is 0.462 e. The molecule has 0 bridgehead atoms. The van der Waals surface area contributed by atoms with Crippen LogP contribution in [-0.4, -0.2) is 30.4 Å². The lowest BCUT2D eigenvalue weighted by atomic mass is 10.0.